The maximum atomic E-state index is 13.4. The largest absolute Gasteiger partial charge is 0.466 e. The first-order valence-corrected chi connectivity index (χ1v) is 25.5. The molecule has 0 unspecified atom stereocenters. The molecule has 1 aliphatic carbocycles. The predicted molar refractivity (Wildman–Crippen MR) is 243 cm³/mol. The molecule has 2 heterocycles. The molecule has 0 radical (unpaired) electrons. The minimum absolute atomic E-state index is 0.0298. The highest BCUT2D eigenvalue weighted by molar-refractivity contribution is 6.74. The van der Waals surface area contributed by atoms with Crippen molar-refractivity contribution in [2.75, 3.05) is 40.0 Å². The van der Waals surface area contributed by atoms with E-state index < -0.39 is 129 Å². The Morgan fingerprint density at radius 3 is 1.83 bits per heavy atom. The van der Waals surface area contributed by atoms with Crippen LogP contribution in [-0.2, 0) is 42.4 Å². The van der Waals surface area contributed by atoms with Gasteiger partial charge in [-0.05, 0) is 106 Å². The molecule has 11 atom stereocenters. The summed E-state index contributed by atoms with van der Waals surface area (Å²) in [6.07, 6.45) is -10.2. The molecule has 0 aromatic heterocycles. The minimum Gasteiger partial charge on any atom is -0.466 e. The quantitative estimate of drug-likeness (QED) is 0.0666. The van der Waals surface area contributed by atoms with Crippen LogP contribution in [0.2, 0.25) is 18.1 Å². The average molecular weight is 964 g/mol. The average Bonchev–Trinajstić information content (AvgIpc) is 3.13. The zero-order valence-electron chi connectivity index (χ0n) is 41.9. The Morgan fingerprint density at radius 1 is 0.803 bits per heavy atom. The monoisotopic (exact) mass is 964 g/mol. The Labute approximate surface area is 391 Å². The Kier molecular flexibility index (Phi) is 19.3. The standard InChI is InChI=1S/C44H81N5O16Si/c1-40(2,3)63-37(54)47-26-18-17-25(22-45-19-20-59-66(15,16)43(10,11)12)60-35(26)61-33-28(48-38(55)64-41(4,5)6)21-27(46-29(51)23-50)32(30(33)52)62-36-31(53)34(44(13,57)24-58-36)49(14)39(56)65-42(7,8)9/h17,26-28,30-36,45,50,52-53,57H,18-24H2,1-16H3,(H,46,51)(H,47,54)(H,48,55)/t26-,27-,28+,30-,31-,32+,33-,34-,35-,36-,44+/m1/s1. The number of amides is 4. The zero-order chi connectivity index (χ0) is 50.4. The Hall–Kier alpha value is -3.32. The minimum atomic E-state index is -2.00. The van der Waals surface area contributed by atoms with Crippen LogP contribution in [0.25, 0.3) is 0 Å². The van der Waals surface area contributed by atoms with Gasteiger partial charge in [-0.15, -0.1) is 0 Å². The van der Waals surface area contributed by atoms with Crippen LogP contribution >= 0.6 is 0 Å². The molecule has 2 fully saturated rings. The van der Waals surface area contributed by atoms with Gasteiger partial charge in [0.1, 0.15) is 59.2 Å². The van der Waals surface area contributed by atoms with E-state index in [0.29, 0.717) is 18.9 Å². The summed E-state index contributed by atoms with van der Waals surface area (Å²) in [6, 6.07) is -4.62. The molecule has 8 N–H and O–H groups in total. The summed E-state index contributed by atoms with van der Waals surface area (Å²) in [5.74, 6) is -0.413. The fourth-order valence-corrected chi connectivity index (χ4v) is 8.35. The van der Waals surface area contributed by atoms with Gasteiger partial charge in [0, 0.05) is 20.2 Å². The van der Waals surface area contributed by atoms with Gasteiger partial charge in [0.15, 0.2) is 14.6 Å². The van der Waals surface area contributed by atoms with Gasteiger partial charge < -0.3 is 84.2 Å². The first-order valence-electron chi connectivity index (χ1n) is 22.6. The molecule has 4 amide bonds. The molecule has 0 aromatic rings. The molecular formula is C44H81N5O16Si. The van der Waals surface area contributed by atoms with Crippen molar-refractivity contribution in [1.29, 1.82) is 0 Å². The maximum absolute atomic E-state index is 13.4. The molecule has 1 saturated heterocycles. The Morgan fingerprint density at radius 2 is 1.32 bits per heavy atom. The van der Waals surface area contributed by atoms with E-state index >= 15 is 0 Å². The number of hydrogen-bond donors (Lipinski definition) is 8. The molecule has 3 aliphatic rings. The van der Waals surface area contributed by atoms with E-state index in [-0.39, 0.29) is 24.4 Å². The van der Waals surface area contributed by atoms with Gasteiger partial charge in [-0.2, -0.15) is 0 Å². The molecule has 22 heteroatoms. The lowest BCUT2D eigenvalue weighted by Gasteiger charge is -2.50. The van der Waals surface area contributed by atoms with E-state index in [4.69, 9.17) is 37.6 Å². The van der Waals surface area contributed by atoms with E-state index in [1.807, 2.05) is 0 Å². The second-order valence-corrected chi connectivity index (χ2v) is 26.8. The Bertz CT molecular complexity index is 1670. The van der Waals surface area contributed by atoms with E-state index in [9.17, 15) is 39.6 Å². The van der Waals surface area contributed by atoms with Crippen molar-refractivity contribution in [2.24, 2.45) is 0 Å². The van der Waals surface area contributed by atoms with Crippen LogP contribution in [0.15, 0.2) is 11.8 Å². The third-order valence-corrected chi connectivity index (χ3v) is 15.9. The van der Waals surface area contributed by atoms with Gasteiger partial charge in [-0.1, -0.05) is 20.8 Å². The molecule has 66 heavy (non-hydrogen) atoms. The maximum Gasteiger partial charge on any atom is 0.410 e. The number of alkyl carbamates (subject to hydrolysis) is 2. The van der Waals surface area contributed by atoms with Gasteiger partial charge in [-0.3, -0.25) is 4.79 Å². The molecule has 21 nitrogen and oxygen atoms in total. The summed E-state index contributed by atoms with van der Waals surface area (Å²) in [6.45, 7) is 27.1. The SMILES string of the molecule is CN(C(=O)OC(C)(C)C)[C@@H]1[C@@H](O)[C@@H](O[C@@H]2[C@@H](O)[C@H](O[C@H]3OC(CNCCO[Si](C)(C)C(C)(C)C)=CC[C@H]3NC(=O)OC(C)(C)C)[C@@H](NC(=O)OC(C)(C)C)C[C@H]2NC(=O)CO)OC[C@]1(C)O. The lowest BCUT2D eigenvalue weighted by Crippen LogP contribution is -2.70. The predicted octanol–water partition coefficient (Wildman–Crippen LogP) is 2.73. The highest BCUT2D eigenvalue weighted by atomic mass is 28.4. The number of rotatable bonds is 15. The fourth-order valence-electron chi connectivity index (χ4n) is 7.30. The molecule has 0 aromatic carbocycles. The number of carbonyl (C=O) groups excluding carboxylic acids is 4. The van der Waals surface area contributed by atoms with Crippen molar-refractivity contribution >= 4 is 32.5 Å². The van der Waals surface area contributed by atoms with Crippen molar-refractivity contribution in [3.8, 4) is 0 Å². The van der Waals surface area contributed by atoms with Crippen LogP contribution in [0, 0.1) is 0 Å². The zero-order valence-corrected chi connectivity index (χ0v) is 42.9. The highest BCUT2D eigenvalue weighted by Gasteiger charge is 2.55. The molecule has 2 aliphatic heterocycles. The van der Waals surface area contributed by atoms with Crippen LogP contribution in [0.1, 0.15) is 103 Å². The normalized spacial score (nSPS) is 30.0. The van der Waals surface area contributed by atoms with E-state index in [0.717, 1.165) is 4.90 Å². The van der Waals surface area contributed by atoms with Gasteiger partial charge in [-0.25, -0.2) is 14.4 Å². The number of nitrogens with one attached hydrogen (secondary N) is 4. The van der Waals surface area contributed by atoms with E-state index in [1.165, 1.54) is 14.0 Å². The molecule has 1 saturated carbocycles. The van der Waals surface area contributed by atoms with Crippen molar-refractivity contribution in [3.63, 3.8) is 0 Å². The summed E-state index contributed by atoms with van der Waals surface area (Å²) in [5, 5.41) is 56.8. The number of nitrogens with zero attached hydrogens (tertiary/aromatic N) is 1. The molecule has 382 valence electrons. The number of likely N-dealkylation sites (N-methyl/N-ethyl adjacent to an activating group) is 1. The van der Waals surface area contributed by atoms with Gasteiger partial charge in [0.2, 0.25) is 12.2 Å². The first kappa shape index (κ1) is 57.0. The van der Waals surface area contributed by atoms with Gasteiger partial charge >= 0.3 is 18.3 Å². The third-order valence-electron chi connectivity index (χ3n) is 11.4. The Balaban J connectivity index is 2.03. The van der Waals surface area contributed by atoms with Crippen molar-refractivity contribution in [3.05, 3.63) is 11.8 Å². The number of aliphatic hydroxyl groups excluding tert-OH is 3. The third kappa shape index (κ3) is 17.0. The number of carbonyl (C=O) groups is 4. The fraction of sp³-hybridized carbons (Fsp3) is 0.864. The lowest BCUT2D eigenvalue weighted by atomic mass is 9.83. The highest BCUT2D eigenvalue weighted by Crippen LogP contribution is 2.37. The smallest absolute Gasteiger partial charge is 0.410 e. The van der Waals surface area contributed by atoms with Crippen molar-refractivity contribution in [1.82, 2.24) is 26.2 Å². The van der Waals surface area contributed by atoms with Crippen LogP contribution in [-0.4, -0.2) is 181 Å². The summed E-state index contributed by atoms with van der Waals surface area (Å²) in [5.41, 5.74) is -4.53. The van der Waals surface area contributed by atoms with Crippen LogP contribution in [0.4, 0.5) is 14.4 Å². The van der Waals surface area contributed by atoms with Gasteiger partial charge in [0.05, 0.1) is 37.3 Å². The van der Waals surface area contributed by atoms with Crippen LogP contribution < -0.4 is 21.3 Å². The first-order chi connectivity index (χ1) is 30.0. The molecule has 0 bridgehead atoms. The molecule has 0 spiro atoms. The second kappa shape index (κ2) is 22.4. The number of ether oxygens (including phenoxy) is 7. The topological polar surface area (TPSA) is 274 Å². The molecular weight excluding hydrogens is 883 g/mol. The van der Waals surface area contributed by atoms with E-state index in [1.54, 1.807) is 68.4 Å². The van der Waals surface area contributed by atoms with Crippen LogP contribution in [0.5, 0.6) is 0 Å². The number of hydrogen-bond acceptors (Lipinski definition) is 17. The molecule has 3 rings (SSSR count). The lowest BCUT2D eigenvalue weighted by molar-refractivity contribution is -0.311. The summed E-state index contributed by atoms with van der Waals surface area (Å²) in [4.78, 5) is 53.6. The van der Waals surface area contributed by atoms with Crippen molar-refractivity contribution in [2.45, 2.75) is 205 Å². The summed E-state index contributed by atoms with van der Waals surface area (Å²) in [7, 11) is -0.663. The van der Waals surface area contributed by atoms with Crippen LogP contribution in [0.3, 0.4) is 0 Å². The summed E-state index contributed by atoms with van der Waals surface area (Å²) >= 11 is 0. The van der Waals surface area contributed by atoms with Crippen molar-refractivity contribution < 1.29 is 77.2 Å². The number of aliphatic hydroxyl groups is 4. The van der Waals surface area contributed by atoms with E-state index in [2.05, 4.69) is 55.1 Å². The van der Waals surface area contributed by atoms with Gasteiger partial charge in [0.25, 0.3) is 0 Å². The second-order valence-electron chi connectivity index (χ2n) is 22.0. The summed E-state index contributed by atoms with van der Waals surface area (Å²) < 4.78 is 48.0.